The molecule has 22 heavy (non-hydrogen) atoms. The number of aromatic nitrogens is 2. The fourth-order valence-electron chi connectivity index (χ4n) is 2.40. The van der Waals surface area contributed by atoms with Gasteiger partial charge in [-0.05, 0) is 25.1 Å². The number of aryl methyl sites for hydroxylation is 1. The van der Waals surface area contributed by atoms with E-state index in [0.717, 1.165) is 40.6 Å². The molecule has 1 unspecified atom stereocenters. The number of hydrogen-bond donors (Lipinski definition) is 3. The van der Waals surface area contributed by atoms with E-state index < -0.39 is 0 Å². The number of aromatic amines is 1. The van der Waals surface area contributed by atoms with Crippen LogP contribution in [-0.4, -0.2) is 40.0 Å². The van der Waals surface area contributed by atoms with Gasteiger partial charge in [-0.25, -0.2) is 4.98 Å². The van der Waals surface area contributed by atoms with Gasteiger partial charge in [-0.15, -0.1) is 24.8 Å². The van der Waals surface area contributed by atoms with E-state index in [9.17, 15) is 4.79 Å². The fourth-order valence-corrected chi connectivity index (χ4v) is 3.35. The normalized spacial score (nSPS) is 17.4. The first-order valence-electron chi connectivity index (χ1n) is 6.78. The van der Waals surface area contributed by atoms with Crippen molar-refractivity contribution in [2.45, 2.75) is 19.4 Å². The van der Waals surface area contributed by atoms with Crippen LogP contribution in [-0.2, 0) is 4.79 Å². The highest BCUT2D eigenvalue weighted by Crippen LogP contribution is 2.18. The van der Waals surface area contributed by atoms with E-state index in [1.54, 1.807) is 0 Å². The minimum Gasteiger partial charge on any atom is -0.342 e. The lowest BCUT2D eigenvalue weighted by molar-refractivity contribution is -0.116. The fraction of sp³-hybridized carbons (Fsp3) is 0.429. The first-order valence-corrected chi connectivity index (χ1v) is 7.93. The zero-order chi connectivity index (χ0) is 13.9. The van der Waals surface area contributed by atoms with Gasteiger partial charge in [0.15, 0.2) is 0 Å². The van der Waals surface area contributed by atoms with Crippen LogP contribution in [0.4, 0.5) is 5.69 Å². The van der Waals surface area contributed by atoms with Gasteiger partial charge in [0.25, 0.3) is 0 Å². The van der Waals surface area contributed by atoms with Crippen LogP contribution < -0.4 is 10.6 Å². The summed E-state index contributed by atoms with van der Waals surface area (Å²) in [7, 11) is 0. The number of nitrogens with one attached hydrogen (secondary N) is 3. The van der Waals surface area contributed by atoms with Gasteiger partial charge in [-0.1, -0.05) is 0 Å². The number of H-pyrrole nitrogens is 1. The average Bonchev–Trinajstić information content (AvgIpc) is 2.79. The minimum atomic E-state index is 0. The number of benzene rings is 1. The molecule has 2 heterocycles. The summed E-state index contributed by atoms with van der Waals surface area (Å²) in [5.74, 6) is 3.08. The van der Waals surface area contributed by atoms with Crippen molar-refractivity contribution in [1.29, 1.82) is 0 Å². The second-order valence-corrected chi connectivity index (χ2v) is 6.18. The van der Waals surface area contributed by atoms with Crippen molar-refractivity contribution < 1.29 is 4.79 Å². The van der Waals surface area contributed by atoms with Crippen LogP contribution in [0.1, 0.15) is 12.2 Å². The SMILES string of the molecule is Cc1nc2ccc(NC(=O)CC3CSCCN3)cc2[nH]1.Cl.Cl. The van der Waals surface area contributed by atoms with Gasteiger partial charge in [0, 0.05) is 36.2 Å². The molecule has 1 aliphatic rings. The summed E-state index contributed by atoms with van der Waals surface area (Å²) < 4.78 is 0. The van der Waals surface area contributed by atoms with E-state index in [4.69, 9.17) is 0 Å². The Balaban J connectivity index is 0.00000121. The molecule has 0 radical (unpaired) electrons. The molecule has 0 saturated carbocycles. The molecule has 3 N–H and O–H groups in total. The zero-order valence-corrected chi connectivity index (χ0v) is 14.7. The monoisotopic (exact) mass is 362 g/mol. The van der Waals surface area contributed by atoms with Crippen LogP contribution in [0, 0.1) is 6.92 Å². The van der Waals surface area contributed by atoms with Gasteiger partial charge in [0.2, 0.25) is 5.91 Å². The van der Waals surface area contributed by atoms with E-state index in [0.29, 0.717) is 6.42 Å². The highest BCUT2D eigenvalue weighted by atomic mass is 35.5. The zero-order valence-electron chi connectivity index (χ0n) is 12.2. The van der Waals surface area contributed by atoms with Gasteiger partial charge >= 0.3 is 0 Å². The maximum Gasteiger partial charge on any atom is 0.225 e. The summed E-state index contributed by atoms with van der Waals surface area (Å²) in [6.45, 7) is 2.91. The number of imidazole rings is 1. The number of thioether (sulfide) groups is 1. The smallest absolute Gasteiger partial charge is 0.225 e. The van der Waals surface area contributed by atoms with Crippen molar-refractivity contribution in [2.24, 2.45) is 0 Å². The lowest BCUT2D eigenvalue weighted by atomic mass is 10.2. The summed E-state index contributed by atoms with van der Waals surface area (Å²) in [6, 6.07) is 6.02. The predicted molar refractivity (Wildman–Crippen MR) is 97.7 cm³/mol. The quantitative estimate of drug-likeness (QED) is 0.784. The van der Waals surface area contributed by atoms with E-state index in [-0.39, 0.29) is 36.8 Å². The Kier molecular flexibility index (Phi) is 7.48. The Bertz CT molecular complexity index is 628. The molecule has 3 rings (SSSR count). The average molecular weight is 363 g/mol. The molecule has 1 fully saturated rings. The molecule has 2 aromatic rings. The lowest BCUT2D eigenvalue weighted by Crippen LogP contribution is -2.39. The summed E-state index contributed by atoms with van der Waals surface area (Å²) >= 11 is 1.90. The van der Waals surface area contributed by atoms with Crippen LogP contribution in [0.2, 0.25) is 0 Å². The number of fused-ring (bicyclic) bond motifs is 1. The molecule has 1 amide bonds. The molecular weight excluding hydrogens is 343 g/mol. The third-order valence-corrected chi connectivity index (χ3v) is 4.45. The van der Waals surface area contributed by atoms with Crippen LogP contribution in [0.3, 0.4) is 0 Å². The van der Waals surface area contributed by atoms with E-state index in [1.807, 2.05) is 36.9 Å². The molecule has 122 valence electrons. The Hall–Kier alpha value is -0.950. The maximum atomic E-state index is 12.0. The van der Waals surface area contributed by atoms with Crippen LogP contribution >= 0.6 is 36.6 Å². The summed E-state index contributed by atoms with van der Waals surface area (Å²) in [4.78, 5) is 19.6. The van der Waals surface area contributed by atoms with E-state index >= 15 is 0 Å². The Morgan fingerprint density at radius 1 is 1.45 bits per heavy atom. The molecule has 1 aromatic heterocycles. The topological polar surface area (TPSA) is 69.8 Å². The standard InChI is InChI=1S/C14H18N4OS.2ClH/c1-9-16-12-3-2-10(6-13(12)17-9)18-14(19)7-11-8-20-5-4-15-11;;/h2-3,6,11,15H,4-5,7-8H2,1H3,(H,16,17)(H,18,19);2*1H. The predicted octanol–water partition coefficient (Wildman–Crippen LogP) is 2.75. The second kappa shape index (κ2) is 8.62. The highest BCUT2D eigenvalue weighted by Gasteiger charge is 2.16. The number of hydrogen-bond acceptors (Lipinski definition) is 4. The third kappa shape index (κ3) is 4.78. The Morgan fingerprint density at radius 3 is 3.00 bits per heavy atom. The highest BCUT2D eigenvalue weighted by molar-refractivity contribution is 7.99. The van der Waals surface area contributed by atoms with Crippen molar-refractivity contribution in [1.82, 2.24) is 15.3 Å². The van der Waals surface area contributed by atoms with Crippen molar-refractivity contribution in [3.63, 3.8) is 0 Å². The van der Waals surface area contributed by atoms with Gasteiger partial charge in [0.05, 0.1) is 11.0 Å². The summed E-state index contributed by atoms with van der Waals surface area (Å²) in [5, 5.41) is 6.33. The number of amides is 1. The number of halogens is 2. The Labute approximate surface area is 146 Å². The molecule has 5 nitrogen and oxygen atoms in total. The van der Waals surface area contributed by atoms with Crippen molar-refractivity contribution in [3.05, 3.63) is 24.0 Å². The molecular formula is C14H20Cl2N4OS. The molecule has 0 spiro atoms. The molecule has 8 heteroatoms. The number of nitrogens with zero attached hydrogens (tertiary/aromatic N) is 1. The summed E-state index contributed by atoms with van der Waals surface area (Å²) in [6.07, 6.45) is 0.521. The van der Waals surface area contributed by atoms with Gasteiger partial charge in [0.1, 0.15) is 5.82 Å². The molecule has 1 atom stereocenters. The largest absolute Gasteiger partial charge is 0.342 e. The van der Waals surface area contributed by atoms with Crippen LogP contribution in [0.15, 0.2) is 18.2 Å². The molecule has 0 bridgehead atoms. The van der Waals surface area contributed by atoms with Gasteiger partial charge in [-0.3, -0.25) is 4.79 Å². The van der Waals surface area contributed by atoms with Crippen molar-refractivity contribution in [3.8, 4) is 0 Å². The molecule has 1 aromatic carbocycles. The van der Waals surface area contributed by atoms with Crippen LogP contribution in [0.5, 0.6) is 0 Å². The number of anilines is 1. The molecule has 0 aliphatic carbocycles. The minimum absolute atomic E-state index is 0. The number of rotatable bonds is 3. The second-order valence-electron chi connectivity index (χ2n) is 5.03. The van der Waals surface area contributed by atoms with Crippen molar-refractivity contribution in [2.75, 3.05) is 23.4 Å². The molecule has 1 aliphatic heterocycles. The van der Waals surface area contributed by atoms with E-state index in [2.05, 4.69) is 20.6 Å². The number of carbonyl (C=O) groups excluding carboxylic acids is 1. The number of carbonyl (C=O) groups is 1. The lowest BCUT2D eigenvalue weighted by Gasteiger charge is -2.22. The third-order valence-electron chi connectivity index (χ3n) is 3.31. The Morgan fingerprint density at radius 2 is 2.27 bits per heavy atom. The van der Waals surface area contributed by atoms with Gasteiger partial charge < -0.3 is 15.6 Å². The molecule has 1 saturated heterocycles. The van der Waals surface area contributed by atoms with E-state index in [1.165, 1.54) is 0 Å². The first-order chi connectivity index (χ1) is 9.70. The maximum absolute atomic E-state index is 12.0. The van der Waals surface area contributed by atoms with Crippen LogP contribution in [0.25, 0.3) is 11.0 Å². The van der Waals surface area contributed by atoms with Crippen molar-refractivity contribution >= 4 is 59.2 Å². The first kappa shape index (κ1) is 19.1. The summed E-state index contributed by atoms with van der Waals surface area (Å²) in [5.41, 5.74) is 2.69. The van der Waals surface area contributed by atoms with Gasteiger partial charge in [-0.2, -0.15) is 11.8 Å².